The van der Waals surface area contributed by atoms with Gasteiger partial charge >= 0.3 is 0 Å². The summed E-state index contributed by atoms with van der Waals surface area (Å²) < 4.78 is 14.2. The predicted molar refractivity (Wildman–Crippen MR) is 102 cm³/mol. The van der Waals surface area contributed by atoms with Crippen LogP contribution < -0.4 is 11.1 Å². The van der Waals surface area contributed by atoms with Crippen molar-refractivity contribution in [2.75, 3.05) is 17.6 Å². The summed E-state index contributed by atoms with van der Waals surface area (Å²) in [5, 5.41) is 5.64. The fourth-order valence-electron chi connectivity index (χ4n) is 3.37. The molecule has 4 nitrogen and oxygen atoms in total. The number of pyridine rings is 1. The molecule has 2 heterocycles. The van der Waals surface area contributed by atoms with Crippen LogP contribution in [0.1, 0.15) is 34.8 Å². The van der Waals surface area contributed by atoms with E-state index in [0.717, 1.165) is 25.8 Å². The minimum atomic E-state index is -0.299. The Morgan fingerprint density at radius 3 is 2.96 bits per heavy atom. The van der Waals surface area contributed by atoms with Crippen LogP contribution in [0.2, 0.25) is 0 Å². The van der Waals surface area contributed by atoms with Crippen molar-refractivity contribution in [1.29, 1.82) is 0 Å². The van der Waals surface area contributed by atoms with Gasteiger partial charge in [-0.25, -0.2) is 14.4 Å². The van der Waals surface area contributed by atoms with Crippen LogP contribution in [0.4, 0.5) is 15.9 Å². The Hall–Kier alpha value is -2.21. The van der Waals surface area contributed by atoms with Crippen molar-refractivity contribution in [3.8, 4) is 0 Å². The van der Waals surface area contributed by atoms with E-state index in [4.69, 9.17) is 10.7 Å². The fourth-order valence-corrected chi connectivity index (χ4v) is 4.57. The van der Waals surface area contributed by atoms with E-state index in [1.165, 1.54) is 40.9 Å². The summed E-state index contributed by atoms with van der Waals surface area (Å²) in [6, 6.07) is 4.73. The van der Waals surface area contributed by atoms with Crippen molar-refractivity contribution in [3.05, 3.63) is 45.8 Å². The Labute approximate surface area is 150 Å². The summed E-state index contributed by atoms with van der Waals surface area (Å²) in [6.45, 7) is 0.727. The van der Waals surface area contributed by atoms with Gasteiger partial charge in [0.1, 0.15) is 11.6 Å². The van der Waals surface area contributed by atoms with E-state index in [-0.39, 0.29) is 5.82 Å². The lowest BCUT2D eigenvalue weighted by molar-refractivity contribution is 0.640. The molecular weight excluding hydrogens is 335 g/mol. The number of hydrogen-bond donors (Lipinski definition) is 2. The van der Waals surface area contributed by atoms with Gasteiger partial charge in [-0.05, 0) is 50.3 Å². The van der Waals surface area contributed by atoms with Gasteiger partial charge in [-0.1, -0.05) is 0 Å². The van der Waals surface area contributed by atoms with E-state index in [2.05, 4.69) is 10.3 Å². The largest absolute Gasteiger partial charge is 0.398 e. The molecule has 1 aromatic carbocycles. The molecule has 4 rings (SSSR count). The lowest BCUT2D eigenvalue weighted by atomic mass is 10.0. The summed E-state index contributed by atoms with van der Waals surface area (Å²) in [5.74, 6) is 0.258. The molecule has 0 spiro atoms. The summed E-state index contributed by atoms with van der Waals surface area (Å²) in [5.41, 5.74) is 7.82. The molecule has 0 amide bonds. The summed E-state index contributed by atoms with van der Waals surface area (Å²) in [6.07, 6.45) is 8.41. The van der Waals surface area contributed by atoms with Gasteiger partial charge < -0.3 is 11.1 Å². The highest BCUT2D eigenvalue weighted by molar-refractivity contribution is 7.11. The van der Waals surface area contributed by atoms with Crippen LogP contribution in [0.25, 0.3) is 10.8 Å². The number of anilines is 2. The molecule has 0 bridgehead atoms. The third-order valence-corrected chi connectivity index (χ3v) is 5.88. The highest BCUT2D eigenvalue weighted by Crippen LogP contribution is 2.29. The fraction of sp³-hybridized carbons (Fsp3) is 0.368. The number of aryl methyl sites for hydroxylation is 3. The third kappa shape index (κ3) is 3.31. The molecule has 0 radical (unpaired) electrons. The maximum atomic E-state index is 14.2. The van der Waals surface area contributed by atoms with Crippen LogP contribution >= 0.6 is 11.3 Å². The first-order chi connectivity index (χ1) is 12.2. The number of nitrogens with zero attached hydrogens (tertiary/aromatic N) is 2. The number of fused-ring (bicyclic) bond motifs is 2. The average molecular weight is 356 g/mol. The van der Waals surface area contributed by atoms with Gasteiger partial charge in [0, 0.05) is 35.1 Å². The Morgan fingerprint density at radius 1 is 1.20 bits per heavy atom. The van der Waals surface area contributed by atoms with Gasteiger partial charge in [-0.2, -0.15) is 0 Å². The van der Waals surface area contributed by atoms with Crippen molar-refractivity contribution in [1.82, 2.24) is 9.97 Å². The summed E-state index contributed by atoms with van der Waals surface area (Å²) in [7, 11) is 0. The lowest BCUT2D eigenvalue weighted by Crippen LogP contribution is -2.06. The number of hydrogen-bond acceptors (Lipinski definition) is 5. The average Bonchev–Trinajstić information content (AvgIpc) is 3.05. The third-order valence-electron chi connectivity index (χ3n) is 4.66. The van der Waals surface area contributed by atoms with E-state index in [1.54, 1.807) is 18.3 Å². The molecule has 0 saturated carbocycles. The van der Waals surface area contributed by atoms with E-state index >= 15 is 0 Å². The van der Waals surface area contributed by atoms with Crippen LogP contribution in [-0.2, 0) is 19.3 Å². The second-order valence-electron chi connectivity index (χ2n) is 6.43. The molecule has 6 heteroatoms. The van der Waals surface area contributed by atoms with Crippen molar-refractivity contribution >= 4 is 33.6 Å². The van der Waals surface area contributed by atoms with Crippen molar-refractivity contribution < 1.29 is 4.39 Å². The molecule has 0 aliphatic heterocycles. The molecular formula is C19H21FN4S. The SMILES string of the molecule is Nc1ccc(F)c2c(NCCCc3nc4c(s3)CCCC4)nccc12. The van der Waals surface area contributed by atoms with Crippen LogP contribution in [0.15, 0.2) is 24.4 Å². The normalized spacial score (nSPS) is 13.8. The monoisotopic (exact) mass is 356 g/mol. The zero-order valence-electron chi connectivity index (χ0n) is 14.0. The molecule has 3 aromatic rings. The Balaban J connectivity index is 1.41. The number of nitrogens with two attached hydrogens (primary N) is 1. The minimum Gasteiger partial charge on any atom is -0.398 e. The number of benzene rings is 1. The molecule has 0 atom stereocenters. The van der Waals surface area contributed by atoms with Crippen molar-refractivity contribution in [2.24, 2.45) is 0 Å². The maximum Gasteiger partial charge on any atom is 0.136 e. The number of nitrogens with one attached hydrogen (secondary N) is 1. The molecule has 25 heavy (non-hydrogen) atoms. The van der Waals surface area contributed by atoms with Crippen molar-refractivity contribution in [2.45, 2.75) is 38.5 Å². The topological polar surface area (TPSA) is 63.8 Å². The summed E-state index contributed by atoms with van der Waals surface area (Å²) >= 11 is 1.86. The van der Waals surface area contributed by atoms with E-state index < -0.39 is 0 Å². The zero-order valence-corrected chi connectivity index (χ0v) is 14.8. The van der Waals surface area contributed by atoms with Crippen LogP contribution in [0, 0.1) is 5.82 Å². The number of halogens is 1. The van der Waals surface area contributed by atoms with Crippen molar-refractivity contribution in [3.63, 3.8) is 0 Å². The molecule has 1 aliphatic carbocycles. The Morgan fingerprint density at radius 2 is 2.08 bits per heavy atom. The van der Waals surface area contributed by atoms with E-state index in [9.17, 15) is 4.39 Å². The van der Waals surface area contributed by atoms with Gasteiger partial charge in [0.15, 0.2) is 0 Å². The predicted octanol–water partition coefficient (Wildman–Crippen LogP) is 4.34. The van der Waals surface area contributed by atoms with Crippen LogP contribution in [0.5, 0.6) is 0 Å². The molecule has 0 fully saturated rings. The molecule has 1 aliphatic rings. The number of thiazole rings is 1. The van der Waals surface area contributed by atoms with Gasteiger partial charge in [0.25, 0.3) is 0 Å². The molecule has 0 unspecified atom stereocenters. The highest BCUT2D eigenvalue weighted by Gasteiger charge is 2.15. The number of rotatable bonds is 5. The van der Waals surface area contributed by atoms with Gasteiger partial charge in [-0.15, -0.1) is 11.3 Å². The maximum absolute atomic E-state index is 14.2. The first kappa shape index (κ1) is 16.3. The Kier molecular flexibility index (Phi) is 4.53. The second-order valence-corrected chi connectivity index (χ2v) is 7.60. The highest BCUT2D eigenvalue weighted by atomic mass is 32.1. The zero-order chi connectivity index (χ0) is 17.2. The van der Waals surface area contributed by atoms with E-state index in [1.807, 2.05) is 11.3 Å². The first-order valence-electron chi connectivity index (χ1n) is 8.76. The van der Waals surface area contributed by atoms with E-state index in [0.29, 0.717) is 22.3 Å². The molecule has 0 saturated heterocycles. The lowest BCUT2D eigenvalue weighted by Gasteiger charge is -2.10. The first-order valence-corrected chi connectivity index (χ1v) is 9.58. The number of nitrogen functional groups attached to an aromatic ring is 1. The molecule has 3 N–H and O–H groups in total. The standard InChI is InChI=1S/C19H21FN4S/c20-13-7-8-14(21)12-9-11-23-19(18(12)13)22-10-3-6-17-24-15-4-1-2-5-16(15)25-17/h7-9,11H,1-6,10,21H2,(H,22,23). The number of aromatic nitrogens is 2. The Bertz CT molecular complexity index is 882. The summed E-state index contributed by atoms with van der Waals surface area (Å²) in [4.78, 5) is 10.5. The molecule has 130 valence electrons. The smallest absolute Gasteiger partial charge is 0.136 e. The second kappa shape index (κ2) is 6.96. The van der Waals surface area contributed by atoms with Gasteiger partial charge in [0.2, 0.25) is 0 Å². The minimum absolute atomic E-state index is 0.299. The quantitative estimate of drug-likeness (QED) is 0.527. The van der Waals surface area contributed by atoms with Gasteiger partial charge in [0.05, 0.1) is 16.1 Å². The molecule has 2 aromatic heterocycles. The van der Waals surface area contributed by atoms with Gasteiger partial charge in [-0.3, -0.25) is 0 Å². The van der Waals surface area contributed by atoms with Crippen LogP contribution in [0.3, 0.4) is 0 Å². The van der Waals surface area contributed by atoms with Crippen LogP contribution in [-0.4, -0.2) is 16.5 Å².